The number of rotatable bonds is 6. The predicted octanol–water partition coefficient (Wildman–Crippen LogP) is 4.23. The molecular formula is C23H27F2N3O. The van der Waals surface area contributed by atoms with Crippen LogP contribution in [0.25, 0.3) is 0 Å². The lowest BCUT2D eigenvalue weighted by atomic mass is 9.83. The molecule has 0 unspecified atom stereocenters. The highest BCUT2D eigenvalue weighted by atomic mass is 19.2. The monoisotopic (exact) mass is 399 g/mol. The number of nitrogens with one attached hydrogen (secondary N) is 1. The summed E-state index contributed by atoms with van der Waals surface area (Å²) in [4.78, 5) is 19.4. The molecule has 154 valence electrons. The van der Waals surface area contributed by atoms with E-state index in [1.807, 2.05) is 18.2 Å². The molecule has 4 nitrogen and oxygen atoms in total. The van der Waals surface area contributed by atoms with E-state index in [-0.39, 0.29) is 23.8 Å². The van der Waals surface area contributed by atoms with E-state index in [1.54, 1.807) is 12.3 Å². The first-order valence-electron chi connectivity index (χ1n) is 10.5. The highest BCUT2D eigenvalue weighted by Gasteiger charge is 2.33. The molecule has 0 radical (unpaired) electrons. The summed E-state index contributed by atoms with van der Waals surface area (Å²) in [6.45, 7) is 2.26. The molecule has 4 rings (SSSR count). The summed E-state index contributed by atoms with van der Waals surface area (Å²) in [7, 11) is 0. The molecule has 2 heterocycles. The summed E-state index contributed by atoms with van der Waals surface area (Å²) >= 11 is 0. The lowest BCUT2D eigenvalue weighted by Crippen LogP contribution is -2.45. The van der Waals surface area contributed by atoms with Crippen LogP contribution in [0.5, 0.6) is 0 Å². The van der Waals surface area contributed by atoms with Crippen LogP contribution in [0.3, 0.4) is 0 Å². The van der Waals surface area contributed by atoms with Crippen LogP contribution in [0, 0.1) is 23.5 Å². The van der Waals surface area contributed by atoms with Crippen molar-refractivity contribution in [2.45, 2.75) is 44.7 Å². The van der Waals surface area contributed by atoms with E-state index in [9.17, 15) is 13.6 Å². The zero-order valence-corrected chi connectivity index (χ0v) is 16.5. The van der Waals surface area contributed by atoms with Crippen molar-refractivity contribution in [2.24, 2.45) is 11.8 Å². The number of piperidine rings is 1. The molecule has 0 spiro atoms. The normalized spacial score (nSPS) is 21.4. The largest absolute Gasteiger partial charge is 0.347 e. The lowest BCUT2D eigenvalue weighted by molar-refractivity contribution is -0.128. The van der Waals surface area contributed by atoms with Gasteiger partial charge in [0, 0.05) is 25.2 Å². The Bertz CT molecular complexity index is 841. The minimum Gasteiger partial charge on any atom is -0.347 e. The molecule has 1 saturated carbocycles. The fourth-order valence-corrected chi connectivity index (χ4v) is 4.34. The van der Waals surface area contributed by atoms with E-state index in [0.717, 1.165) is 56.5 Å². The maximum atomic E-state index is 13.6. The van der Waals surface area contributed by atoms with Crippen molar-refractivity contribution in [3.8, 4) is 0 Å². The molecule has 2 aliphatic rings. The quantitative estimate of drug-likeness (QED) is 0.791. The third-order valence-corrected chi connectivity index (χ3v) is 6.18. The van der Waals surface area contributed by atoms with Gasteiger partial charge < -0.3 is 5.32 Å². The van der Waals surface area contributed by atoms with Crippen molar-refractivity contribution in [2.75, 3.05) is 13.1 Å². The molecule has 1 saturated heterocycles. The van der Waals surface area contributed by atoms with E-state index < -0.39 is 11.6 Å². The summed E-state index contributed by atoms with van der Waals surface area (Å²) in [6.07, 6.45) is 6.82. The summed E-state index contributed by atoms with van der Waals surface area (Å²) in [6, 6.07) is 9.76. The molecule has 1 aromatic carbocycles. The third kappa shape index (κ3) is 4.81. The van der Waals surface area contributed by atoms with Gasteiger partial charge in [-0.15, -0.1) is 0 Å². The van der Waals surface area contributed by atoms with Crippen LogP contribution in [0.2, 0.25) is 0 Å². The van der Waals surface area contributed by atoms with Crippen molar-refractivity contribution in [3.63, 3.8) is 0 Å². The maximum Gasteiger partial charge on any atom is 0.223 e. The van der Waals surface area contributed by atoms with Gasteiger partial charge in [0.15, 0.2) is 11.6 Å². The van der Waals surface area contributed by atoms with Gasteiger partial charge in [0.1, 0.15) is 0 Å². The lowest BCUT2D eigenvalue weighted by Gasteiger charge is -2.38. The summed E-state index contributed by atoms with van der Waals surface area (Å²) in [5.41, 5.74) is 1.65. The Labute approximate surface area is 170 Å². The Morgan fingerprint density at radius 2 is 2.00 bits per heavy atom. The van der Waals surface area contributed by atoms with E-state index in [2.05, 4.69) is 15.2 Å². The van der Waals surface area contributed by atoms with Gasteiger partial charge >= 0.3 is 0 Å². The van der Waals surface area contributed by atoms with Crippen LogP contribution in [-0.2, 0) is 11.3 Å². The number of aromatic nitrogens is 1. The van der Waals surface area contributed by atoms with Crippen LogP contribution >= 0.6 is 0 Å². The smallest absolute Gasteiger partial charge is 0.223 e. The first kappa shape index (κ1) is 20.0. The third-order valence-electron chi connectivity index (χ3n) is 6.18. The Hall–Kier alpha value is -2.34. The van der Waals surface area contributed by atoms with Crippen LogP contribution in [0.15, 0.2) is 42.6 Å². The number of hydrogen-bond acceptors (Lipinski definition) is 3. The van der Waals surface area contributed by atoms with Gasteiger partial charge in [-0.3, -0.25) is 14.7 Å². The molecule has 1 aliphatic heterocycles. The number of nitrogens with zero attached hydrogens (tertiary/aromatic N) is 2. The van der Waals surface area contributed by atoms with Crippen LogP contribution in [-0.4, -0.2) is 28.9 Å². The van der Waals surface area contributed by atoms with Crippen molar-refractivity contribution < 1.29 is 13.6 Å². The number of carbonyl (C=O) groups excluding carboxylic acids is 1. The van der Waals surface area contributed by atoms with Crippen molar-refractivity contribution in [1.29, 1.82) is 0 Å². The van der Waals surface area contributed by atoms with Gasteiger partial charge in [0.05, 0.1) is 11.7 Å². The summed E-state index contributed by atoms with van der Waals surface area (Å²) in [5.74, 6) is -1.14. The second-order valence-corrected chi connectivity index (χ2v) is 8.25. The number of amides is 1. The van der Waals surface area contributed by atoms with Crippen LogP contribution in [0.1, 0.15) is 49.4 Å². The number of carbonyl (C=O) groups is 1. The zero-order valence-electron chi connectivity index (χ0n) is 16.5. The fraction of sp³-hybridized carbons (Fsp3) is 0.478. The van der Waals surface area contributed by atoms with Crippen LogP contribution < -0.4 is 5.32 Å². The zero-order chi connectivity index (χ0) is 20.2. The molecule has 29 heavy (non-hydrogen) atoms. The molecular weight excluding hydrogens is 372 g/mol. The van der Waals surface area contributed by atoms with Gasteiger partial charge in [-0.05, 0) is 68.0 Å². The highest BCUT2D eigenvalue weighted by molar-refractivity contribution is 5.79. The van der Waals surface area contributed by atoms with Crippen molar-refractivity contribution in [3.05, 3.63) is 65.5 Å². The molecule has 2 fully saturated rings. The Morgan fingerprint density at radius 1 is 1.14 bits per heavy atom. The number of likely N-dealkylation sites (tertiary alicyclic amines) is 1. The van der Waals surface area contributed by atoms with Crippen molar-refractivity contribution >= 4 is 5.91 Å². The number of halogens is 2. The SMILES string of the molecule is O=C(N[C@@H](c1ccccn1)[C@@H]1CCCN(Cc2ccc(F)c(F)c2)C1)C1CCC1. The first-order chi connectivity index (χ1) is 14.1. The van der Waals surface area contributed by atoms with Gasteiger partial charge in [-0.2, -0.15) is 0 Å². The number of benzene rings is 1. The van der Waals surface area contributed by atoms with E-state index >= 15 is 0 Å². The predicted molar refractivity (Wildman–Crippen MR) is 107 cm³/mol. The first-order valence-corrected chi connectivity index (χ1v) is 10.5. The van der Waals surface area contributed by atoms with Gasteiger partial charge in [0.2, 0.25) is 5.91 Å². The van der Waals surface area contributed by atoms with Gasteiger partial charge in [-0.1, -0.05) is 18.6 Å². The second-order valence-electron chi connectivity index (χ2n) is 8.25. The molecule has 1 N–H and O–H groups in total. The minimum atomic E-state index is -0.820. The van der Waals surface area contributed by atoms with Gasteiger partial charge in [-0.25, -0.2) is 8.78 Å². The van der Waals surface area contributed by atoms with Gasteiger partial charge in [0.25, 0.3) is 0 Å². The average Bonchev–Trinajstić information content (AvgIpc) is 2.68. The molecule has 1 aromatic heterocycles. The highest BCUT2D eigenvalue weighted by Crippen LogP contribution is 2.32. The topological polar surface area (TPSA) is 45.2 Å². The second kappa shape index (κ2) is 8.99. The average molecular weight is 399 g/mol. The molecule has 1 amide bonds. The van der Waals surface area contributed by atoms with Crippen molar-refractivity contribution in [1.82, 2.24) is 15.2 Å². The molecule has 1 aliphatic carbocycles. The Balaban J connectivity index is 1.47. The molecule has 2 atom stereocenters. The van der Waals surface area contributed by atoms with E-state index in [1.165, 1.54) is 12.1 Å². The summed E-state index contributed by atoms with van der Waals surface area (Å²) < 4.78 is 26.8. The molecule has 0 bridgehead atoms. The molecule has 2 aromatic rings. The van der Waals surface area contributed by atoms with E-state index in [4.69, 9.17) is 0 Å². The Morgan fingerprint density at radius 3 is 2.69 bits per heavy atom. The van der Waals surface area contributed by atoms with E-state index in [0.29, 0.717) is 6.54 Å². The standard InChI is InChI=1S/C23H27F2N3O/c24-19-10-9-16(13-20(19)25)14-28-12-4-7-18(15-28)22(21-8-1-2-11-26-21)27-23(29)17-5-3-6-17/h1-2,8-11,13,17-18,22H,3-7,12,14-15H2,(H,27,29)/t18-,22-/m1/s1. The number of hydrogen-bond donors (Lipinski definition) is 1. The summed E-state index contributed by atoms with van der Waals surface area (Å²) in [5, 5.41) is 3.27. The fourth-order valence-electron chi connectivity index (χ4n) is 4.34. The maximum absolute atomic E-state index is 13.6. The Kier molecular flexibility index (Phi) is 6.19. The number of pyridine rings is 1. The minimum absolute atomic E-state index is 0.128. The van der Waals surface area contributed by atoms with Crippen LogP contribution in [0.4, 0.5) is 8.78 Å². The molecule has 6 heteroatoms.